The van der Waals surface area contributed by atoms with Crippen molar-refractivity contribution in [3.63, 3.8) is 0 Å². The molecule has 6 nitrogen and oxygen atoms in total. The van der Waals surface area contributed by atoms with Crippen LogP contribution in [0.25, 0.3) is 22.1 Å². The molecule has 0 bridgehead atoms. The average Bonchev–Trinajstić information content (AvgIpc) is 3.31. The molecule has 7 heteroatoms. The predicted octanol–water partition coefficient (Wildman–Crippen LogP) is 3.98. The van der Waals surface area contributed by atoms with Gasteiger partial charge in [0.25, 0.3) is 0 Å². The van der Waals surface area contributed by atoms with Crippen molar-refractivity contribution < 1.29 is 0 Å². The van der Waals surface area contributed by atoms with Gasteiger partial charge in [-0.1, -0.05) is 0 Å². The Hall–Kier alpha value is -1.96. The predicted molar refractivity (Wildman–Crippen MR) is 109 cm³/mol. The molecule has 0 atom stereocenters. The zero-order valence-electron chi connectivity index (χ0n) is 15.5. The van der Waals surface area contributed by atoms with E-state index in [1.165, 1.54) is 34.6 Å². The standard InChI is InChI=1S/2C10H12N3.Sn/c2*1-2-3-8-13-10-7-5-4-6-9(10)11-12-13;/h2*4-7H,1-3,8H2;. The number of aryl methyl sites for hydroxylation is 2. The Morgan fingerprint density at radius 3 is 1.63 bits per heavy atom. The average molecular weight is 467 g/mol. The van der Waals surface area contributed by atoms with E-state index in [4.69, 9.17) is 0 Å². The van der Waals surface area contributed by atoms with Gasteiger partial charge in [0, 0.05) is 0 Å². The number of benzene rings is 2. The summed E-state index contributed by atoms with van der Waals surface area (Å²) in [5.74, 6) is 0. The summed E-state index contributed by atoms with van der Waals surface area (Å²) in [6, 6.07) is 16.4. The molecule has 0 saturated heterocycles. The Kier molecular flexibility index (Phi) is 6.34. The van der Waals surface area contributed by atoms with E-state index < -0.39 is 0 Å². The third-order valence-corrected chi connectivity index (χ3v) is 8.82. The van der Waals surface area contributed by atoms with Crippen LogP contribution in [0.15, 0.2) is 48.5 Å². The topological polar surface area (TPSA) is 61.4 Å². The van der Waals surface area contributed by atoms with Crippen LogP contribution in [0.4, 0.5) is 0 Å². The summed E-state index contributed by atoms with van der Waals surface area (Å²) in [7, 11) is 0. The van der Waals surface area contributed by atoms with Crippen molar-refractivity contribution in [2.24, 2.45) is 0 Å². The number of para-hydroxylation sites is 2. The first-order chi connectivity index (χ1) is 13.4. The third kappa shape index (κ3) is 4.66. The molecule has 2 aromatic carbocycles. The summed E-state index contributed by atoms with van der Waals surface area (Å²) >= 11 is -0.213. The molecule has 2 radical (unpaired) electrons. The van der Waals surface area contributed by atoms with E-state index in [1.807, 2.05) is 33.6 Å². The minimum absolute atomic E-state index is 0.213. The fourth-order valence-electron chi connectivity index (χ4n) is 3.31. The molecule has 138 valence electrons. The van der Waals surface area contributed by atoms with E-state index in [0.717, 1.165) is 35.2 Å². The summed E-state index contributed by atoms with van der Waals surface area (Å²) in [5, 5.41) is 17.0. The molecule has 0 aliphatic carbocycles. The normalized spacial score (nSPS) is 11.6. The Morgan fingerprint density at radius 1 is 0.630 bits per heavy atom. The van der Waals surface area contributed by atoms with E-state index in [2.05, 4.69) is 44.9 Å². The maximum absolute atomic E-state index is 4.27. The van der Waals surface area contributed by atoms with Crippen molar-refractivity contribution in [3.8, 4) is 0 Å². The van der Waals surface area contributed by atoms with Crippen LogP contribution in [0.1, 0.15) is 25.7 Å². The molecule has 2 heterocycles. The number of hydrogen-bond acceptors (Lipinski definition) is 4. The molecule has 27 heavy (non-hydrogen) atoms. The second kappa shape index (κ2) is 9.30. The van der Waals surface area contributed by atoms with Gasteiger partial charge in [0.05, 0.1) is 0 Å². The van der Waals surface area contributed by atoms with Crippen molar-refractivity contribution in [2.45, 2.75) is 47.6 Å². The zero-order valence-corrected chi connectivity index (χ0v) is 18.3. The molecule has 4 rings (SSSR count). The summed E-state index contributed by atoms with van der Waals surface area (Å²) in [6.07, 6.45) is 5.07. The summed E-state index contributed by atoms with van der Waals surface area (Å²) < 4.78 is 7.01. The van der Waals surface area contributed by atoms with Crippen molar-refractivity contribution >= 4 is 43.2 Å². The van der Waals surface area contributed by atoms with Gasteiger partial charge in [-0.05, 0) is 0 Å². The molecule has 0 aliphatic rings. The van der Waals surface area contributed by atoms with Crippen LogP contribution in [0, 0.1) is 0 Å². The van der Waals surface area contributed by atoms with Crippen molar-refractivity contribution in [3.05, 3.63) is 48.5 Å². The Morgan fingerprint density at radius 2 is 1.11 bits per heavy atom. The fraction of sp³-hybridized carbons (Fsp3) is 0.400. The van der Waals surface area contributed by atoms with Crippen LogP contribution >= 0.6 is 0 Å². The van der Waals surface area contributed by atoms with Gasteiger partial charge in [-0.25, -0.2) is 0 Å². The molecule has 0 fully saturated rings. The van der Waals surface area contributed by atoms with Crippen LogP contribution in [-0.4, -0.2) is 51.1 Å². The maximum atomic E-state index is 4.27. The van der Waals surface area contributed by atoms with Crippen LogP contribution in [0.2, 0.25) is 8.87 Å². The fourth-order valence-corrected chi connectivity index (χ4v) is 6.88. The third-order valence-electron chi connectivity index (χ3n) is 4.79. The zero-order chi connectivity index (χ0) is 18.3. The van der Waals surface area contributed by atoms with Gasteiger partial charge < -0.3 is 0 Å². The summed E-state index contributed by atoms with van der Waals surface area (Å²) in [6.45, 7) is 1.97. The van der Waals surface area contributed by atoms with Gasteiger partial charge in [0.2, 0.25) is 0 Å². The SMILES string of the molecule is c1ccc2c(c1)nnn2CCC[CH2][Sn][CH2]CCCn1nnc2ccccc21. The number of hydrogen-bond donors (Lipinski definition) is 0. The van der Waals surface area contributed by atoms with E-state index in [9.17, 15) is 0 Å². The molecular formula is C20H24N6Sn. The van der Waals surface area contributed by atoms with Crippen molar-refractivity contribution in [2.75, 3.05) is 0 Å². The van der Waals surface area contributed by atoms with Gasteiger partial charge in [-0.15, -0.1) is 0 Å². The van der Waals surface area contributed by atoms with Crippen LogP contribution in [0.5, 0.6) is 0 Å². The van der Waals surface area contributed by atoms with Crippen LogP contribution < -0.4 is 0 Å². The Balaban J connectivity index is 1.09. The van der Waals surface area contributed by atoms with Gasteiger partial charge >= 0.3 is 169 Å². The monoisotopic (exact) mass is 468 g/mol. The molecular weight excluding hydrogens is 443 g/mol. The molecule has 4 aromatic rings. The first-order valence-corrected chi connectivity index (χ1v) is 13.7. The van der Waals surface area contributed by atoms with Crippen LogP contribution in [0.3, 0.4) is 0 Å². The van der Waals surface area contributed by atoms with Gasteiger partial charge in [0.15, 0.2) is 0 Å². The van der Waals surface area contributed by atoms with Gasteiger partial charge in [0.1, 0.15) is 0 Å². The van der Waals surface area contributed by atoms with E-state index >= 15 is 0 Å². The quantitative estimate of drug-likeness (QED) is 0.262. The summed E-state index contributed by atoms with van der Waals surface area (Å²) in [4.78, 5) is 0. The second-order valence-corrected chi connectivity index (χ2v) is 11.0. The van der Waals surface area contributed by atoms with Gasteiger partial charge in [-0.2, -0.15) is 0 Å². The van der Waals surface area contributed by atoms with Gasteiger partial charge in [-0.3, -0.25) is 0 Å². The molecule has 0 aliphatic heterocycles. The molecule has 0 unspecified atom stereocenters. The number of rotatable bonds is 10. The minimum atomic E-state index is -0.213. The molecule has 0 amide bonds. The number of unbranched alkanes of at least 4 members (excludes halogenated alkanes) is 2. The first-order valence-electron chi connectivity index (χ1n) is 9.69. The summed E-state index contributed by atoms with van der Waals surface area (Å²) in [5.41, 5.74) is 4.29. The number of nitrogens with zero attached hydrogens (tertiary/aromatic N) is 6. The van der Waals surface area contributed by atoms with Crippen molar-refractivity contribution in [1.82, 2.24) is 30.0 Å². The first kappa shape index (κ1) is 18.4. The Bertz CT molecular complexity index is 912. The molecule has 0 spiro atoms. The molecule has 2 aromatic heterocycles. The molecule has 0 N–H and O–H groups in total. The second-order valence-electron chi connectivity index (χ2n) is 6.77. The van der Waals surface area contributed by atoms with Crippen LogP contribution in [-0.2, 0) is 13.1 Å². The Labute approximate surface area is 169 Å². The number of aromatic nitrogens is 6. The van der Waals surface area contributed by atoms with Crippen molar-refractivity contribution in [1.29, 1.82) is 0 Å². The number of fused-ring (bicyclic) bond motifs is 2. The molecule has 0 saturated carbocycles. The van der Waals surface area contributed by atoms with E-state index in [0.29, 0.717) is 0 Å². The van der Waals surface area contributed by atoms with E-state index in [1.54, 1.807) is 0 Å². The van der Waals surface area contributed by atoms with E-state index in [-0.39, 0.29) is 21.1 Å².